The standard InChI is InChI=1S/C15H16ClN3O/c16-14-8-18-19(10-14)9-12-3-5-13(6-4-12)15(20)17-7-11-1-2-11/h3-6,8,10-11H,1-2,7,9H2,(H,17,20). The van der Waals surface area contributed by atoms with Gasteiger partial charge in [0.15, 0.2) is 0 Å². The van der Waals surface area contributed by atoms with Crippen molar-refractivity contribution in [3.63, 3.8) is 0 Å². The number of hydrogen-bond donors (Lipinski definition) is 1. The Kier molecular flexibility index (Phi) is 3.74. The number of benzene rings is 1. The van der Waals surface area contributed by atoms with Crippen LogP contribution in [-0.2, 0) is 6.54 Å². The van der Waals surface area contributed by atoms with Gasteiger partial charge in [-0.15, -0.1) is 0 Å². The third kappa shape index (κ3) is 3.39. The second kappa shape index (κ2) is 5.67. The molecule has 104 valence electrons. The SMILES string of the molecule is O=C(NCC1CC1)c1ccc(Cn2cc(Cl)cn2)cc1. The molecule has 20 heavy (non-hydrogen) atoms. The molecule has 1 aliphatic carbocycles. The Hall–Kier alpha value is -1.81. The van der Waals surface area contributed by atoms with Crippen LogP contribution >= 0.6 is 11.6 Å². The van der Waals surface area contributed by atoms with Crippen LogP contribution in [0, 0.1) is 5.92 Å². The van der Waals surface area contributed by atoms with E-state index in [1.807, 2.05) is 24.3 Å². The van der Waals surface area contributed by atoms with Crippen LogP contribution in [0.3, 0.4) is 0 Å². The molecular formula is C15H16ClN3O. The molecule has 0 bridgehead atoms. The fourth-order valence-electron chi connectivity index (χ4n) is 2.03. The molecule has 1 N–H and O–H groups in total. The molecule has 1 aromatic carbocycles. The van der Waals surface area contributed by atoms with Gasteiger partial charge in [0, 0.05) is 18.3 Å². The first kappa shape index (κ1) is 13.2. The van der Waals surface area contributed by atoms with Gasteiger partial charge in [-0.25, -0.2) is 0 Å². The number of carbonyl (C=O) groups excluding carboxylic acids is 1. The van der Waals surface area contributed by atoms with Crippen molar-refractivity contribution in [2.24, 2.45) is 5.92 Å². The lowest BCUT2D eigenvalue weighted by molar-refractivity contribution is 0.0952. The van der Waals surface area contributed by atoms with E-state index in [9.17, 15) is 4.79 Å². The Bertz CT molecular complexity index is 602. The summed E-state index contributed by atoms with van der Waals surface area (Å²) in [5.41, 5.74) is 1.79. The second-order valence-electron chi connectivity index (χ2n) is 5.21. The molecule has 1 heterocycles. The largest absolute Gasteiger partial charge is 0.352 e. The minimum Gasteiger partial charge on any atom is -0.352 e. The third-order valence-corrected chi connectivity index (χ3v) is 3.61. The van der Waals surface area contributed by atoms with E-state index in [1.54, 1.807) is 17.1 Å². The first-order valence-corrected chi connectivity index (χ1v) is 7.13. The highest BCUT2D eigenvalue weighted by Crippen LogP contribution is 2.27. The molecule has 1 amide bonds. The third-order valence-electron chi connectivity index (χ3n) is 3.41. The molecule has 1 aliphatic rings. The van der Waals surface area contributed by atoms with Gasteiger partial charge in [0.25, 0.3) is 5.91 Å². The molecule has 5 heteroatoms. The second-order valence-corrected chi connectivity index (χ2v) is 5.64. The first-order valence-electron chi connectivity index (χ1n) is 6.76. The van der Waals surface area contributed by atoms with E-state index in [1.165, 1.54) is 12.8 Å². The van der Waals surface area contributed by atoms with E-state index < -0.39 is 0 Å². The maximum Gasteiger partial charge on any atom is 0.251 e. The summed E-state index contributed by atoms with van der Waals surface area (Å²) in [6.45, 7) is 1.45. The summed E-state index contributed by atoms with van der Waals surface area (Å²) in [5, 5.41) is 7.72. The quantitative estimate of drug-likeness (QED) is 0.920. The highest BCUT2D eigenvalue weighted by atomic mass is 35.5. The minimum absolute atomic E-state index is 0.00517. The minimum atomic E-state index is 0.00517. The zero-order valence-corrected chi connectivity index (χ0v) is 11.8. The van der Waals surface area contributed by atoms with E-state index in [0.29, 0.717) is 23.0 Å². The number of halogens is 1. The zero-order chi connectivity index (χ0) is 13.9. The molecule has 4 nitrogen and oxygen atoms in total. The molecule has 1 saturated carbocycles. The Morgan fingerprint density at radius 3 is 2.70 bits per heavy atom. The highest BCUT2D eigenvalue weighted by molar-refractivity contribution is 6.30. The lowest BCUT2D eigenvalue weighted by atomic mass is 10.1. The predicted molar refractivity (Wildman–Crippen MR) is 77.8 cm³/mol. The van der Waals surface area contributed by atoms with Crippen molar-refractivity contribution in [2.45, 2.75) is 19.4 Å². The monoisotopic (exact) mass is 289 g/mol. The average molecular weight is 290 g/mol. The van der Waals surface area contributed by atoms with Gasteiger partial charge in [0.2, 0.25) is 0 Å². The number of carbonyl (C=O) groups is 1. The Morgan fingerprint density at radius 2 is 2.10 bits per heavy atom. The van der Waals surface area contributed by atoms with E-state index in [4.69, 9.17) is 11.6 Å². The fraction of sp³-hybridized carbons (Fsp3) is 0.333. The molecule has 3 rings (SSSR count). The van der Waals surface area contributed by atoms with Crippen LogP contribution < -0.4 is 5.32 Å². The highest BCUT2D eigenvalue weighted by Gasteiger charge is 2.21. The number of rotatable bonds is 5. The predicted octanol–water partition coefficient (Wildman–Crippen LogP) is 2.72. The smallest absolute Gasteiger partial charge is 0.251 e. The zero-order valence-electron chi connectivity index (χ0n) is 11.1. The normalized spacial score (nSPS) is 14.2. The Balaban J connectivity index is 1.59. The number of nitrogens with zero attached hydrogens (tertiary/aromatic N) is 2. The topological polar surface area (TPSA) is 46.9 Å². The molecule has 0 radical (unpaired) electrons. The van der Waals surface area contributed by atoms with Gasteiger partial charge in [-0.2, -0.15) is 5.10 Å². The summed E-state index contributed by atoms with van der Waals surface area (Å²) in [6, 6.07) is 7.59. The number of aromatic nitrogens is 2. The maximum atomic E-state index is 11.9. The Labute approximate surface area is 122 Å². The van der Waals surface area contributed by atoms with E-state index in [2.05, 4.69) is 10.4 Å². The van der Waals surface area contributed by atoms with E-state index >= 15 is 0 Å². The van der Waals surface area contributed by atoms with Gasteiger partial charge in [0.05, 0.1) is 17.8 Å². The van der Waals surface area contributed by atoms with Crippen molar-refractivity contribution >= 4 is 17.5 Å². The Morgan fingerprint density at radius 1 is 1.35 bits per heavy atom. The van der Waals surface area contributed by atoms with Crippen molar-refractivity contribution < 1.29 is 4.79 Å². The van der Waals surface area contributed by atoms with Gasteiger partial charge in [-0.05, 0) is 36.5 Å². The van der Waals surface area contributed by atoms with E-state index in [-0.39, 0.29) is 5.91 Å². The molecule has 0 saturated heterocycles. The average Bonchev–Trinajstić information content (AvgIpc) is 3.20. The van der Waals surface area contributed by atoms with Crippen molar-refractivity contribution in [3.05, 3.63) is 52.8 Å². The first-order chi connectivity index (χ1) is 9.70. The summed E-state index contributed by atoms with van der Waals surface area (Å²) in [4.78, 5) is 11.9. The van der Waals surface area contributed by atoms with E-state index in [0.717, 1.165) is 12.1 Å². The van der Waals surface area contributed by atoms with Crippen LogP contribution in [0.1, 0.15) is 28.8 Å². The summed E-state index contributed by atoms with van der Waals surface area (Å²) < 4.78 is 1.77. The van der Waals surface area contributed by atoms with Crippen molar-refractivity contribution in [1.29, 1.82) is 0 Å². The number of amides is 1. The molecule has 1 aromatic heterocycles. The van der Waals surface area contributed by atoms with Crippen LogP contribution in [-0.4, -0.2) is 22.2 Å². The molecular weight excluding hydrogens is 274 g/mol. The molecule has 0 spiro atoms. The summed E-state index contributed by atoms with van der Waals surface area (Å²) in [7, 11) is 0. The molecule has 2 aromatic rings. The van der Waals surface area contributed by atoms with Crippen LogP contribution in [0.15, 0.2) is 36.7 Å². The lowest BCUT2D eigenvalue weighted by Crippen LogP contribution is -2.25. The van der Waals surface area contributed by atoms with Gasteiger partial charge in [0.1, 0.15) is 0 Å². The molecule has 0 aliphatic heterocycles. The van der Waals surface area contributed by atoms with Crippen LogP contribution in [0.2, 0.25) is 5.02 Å². The van der Waals surface area contributed by atoms with Gasteiger partial charge >= 0.3 is 0 Å². The van der Waals surface area contributed by atoms with Crippen LogP contribution in [0.4, 0.5) is 0 Å². The van der Waals surface area contributed by atoms with Gasteiger partial charge in [-0.1, -0.05) is 23.7 Å². The number of nitrogens with one attached hydrogen (secondary N) is 1. The van der Waals surface area contributed by atoms with Gasteiger partial charge < -0.3 is 5.32 Å². The van der Waals surface area contributed by atoms with Crippen LogP contribution in [0.25, 0.3) is 0 Å². The lowest BCUT2D eigenvalue weighted by Gasteiger charge is -2.06. The molecule has 1 fully saturated rings. The summed E-state index contributed by atoms with van der Waals surface area (Å²) in [5.74, 6) is 0.702. The van der Waals surface area contributed by atoms with Gasteiger partial charge in [-0.3, -0.25) is 9.48 Å². The number of hydrogen-bond acceptors (Lipinski definition) is 2. The molecule has 0 atom stereocenters. The summed E-state index contributed by atoms with van der Waals surface area (Å²) >= 11 is 5.82. The maximum absolute atomic E-state index is 11.9. The van der Waals surface area contributed by atoms with Crippen molar-refractivity contribution in [2.75, 3.05) is 6.54 Å². The molecule has 0 unspecified atom stereocenters. The fourth-order valence-corrected chi connectivity index (χ4v) is 2.19. The van der Waals surface area contributed by atoms with Crippen molar-refractivity contribution in [3.8, 4) is 0 Å². The van der Waals surface area contributed by atoms with Crippen molar-refractivity contribution in [1.82, 2.24) is 15.1 Å². The summed E-state index contributed by atoms with van der Waals surface area (Å²) in [6.07, 6.45) is 5.87. The van der Waals surface area contributed by atoms with Crippen LogP contribution in [0.5, 0.6) is 0 Å².